The van der Waals surface area contributed by atoms with Crippen molar-refractivity contribution in [2.24, 2.45) is 16.3 Å². The summed E-state index contributed by atoms with van der Waals surface area (Å²) in [5, 5.41) is 12.1. The summed E-state index contributed by atoms with van der Waals surface area (Å²) in [7, 11) is 0. The maximum atomic E-state index is 12.9. The largest absolute Gasteiger partial charge is 0.409 e. The highest BCUT2D eigenvalue weighted by Gasteiger charge is 2.50. The van der Waals surface area contributed by atoms with Gasteiger partial charge in [-0.1, -0.05) is 5.16 Å². The predicted molar refractivity (Wildman–Crippen MR) is 70.9 cm³/mol. The number of likely N-dealkylation sites (tertiary alicyclic amines) is 1. The van der Waals surface area contributed by atoms with Gasteiger partial charge in [-0.3, -0.25) is 4.79 Å². The Morgan fingerprint density at radius 2 is 1.95 bits per heavy atom. The summed E-state index contributed by atoms with van der Waals surface area (Å²) in [4.78, 5) is 14.8. The second-order valence-corrected chi connectivity index (χ2v) is 6.05. The van der Waals surface area contributed by atoms with Crippen molar-refractivity contribution < 1.29 is 14.7 Å². The Hall–Kier alpha value is -1.30. The molecule has 0 aromatic rings. The first-order valence-corrected chi connectivity index (χ1v) is 6.82. The first kappa shape index (κ1) is 14.1. The lowest BCUT2D eigenvalue weighted by Gasteiger charge is -2.42. The zero-order valence-electron chi connectivity index (χ0n) is 11.7. The van der Waals surface area contributed by atoms with Crippen LogP contribution in [0.2, 0.25) is 0 Å². The molecule has 2 saturated heterocycles. The van der Waals surface area contributed by atoms with Gasteiger partial charge < -0.3 is 20.6 Å². The molecule has 0 aromatic carbocycles. The molecule has 3 N–H and O–H groups in total. The number of ether oxygens (including phenoxy) is 1. The first-order chi connectivity index (χ1) is 8.94. The van der Waals surface area contributed by atoms with Crippen LogP contribution in [-0.2, 0) is 9.53 Å². The van der Waals surface area contributed by atoms with Crippen LogP contribution in [0.15, 0.2) is 5.16 Å². The first-order valence-electron chi connectivity index (χ1n) is 6.82. The van der Waals surface area contributed by atoms with Crippen LogP contribution in [0.3, 0.4) is 0 Å². The van der Waals surface area contributed by atoms with Crippen LogP contribution < -0.4 is 5.73 Å². The monoisotopic (exact) mass is 269 g/mol. The molecular formula is C13H23N3O3. The molecule has 6 nitrogen and oxygen atoms in total. The molecule has 2 aliphatic rings. The zero-order chi connectivity index (χ0) is 14.1. The summed E-state index contributed by atoms with van der Waals surface area (Å²) < 4.78 is 5.32. The third kappa shape index (κ3) is 2.29. The number of amides is 1. The van der Waals surface area contributed by atoms with Crippen molar-refractivity contribution >= 4 is 11.7 Å². The smallest absolute Gasteiger partial charge is 0.237 e. The third-order valence-corrected chi connectivity index (χ3v) is 4.50. The van der Waals surface area contributed by atoms with Crippen molar-refractivity contribution in [2.75, 3.05) is 19.8 Å². The van der Waals surface area contributed by atoms with Gasteiger partial charge in [0.05, 0.1) is 0 Å². The number of carbonyl (C=O) groups excluding carboxylic acids is 1. The van der Waals surface area contributed by atoms with E-state index < -0.39 is 5.41 Å². The number of nitrogens with zero attached hydrogens (tertiary/aromatic N) is 2. The average Bonchev–Trinajstić information content (AvgIpc) is 2.77. The van der Waals surface area contributed by atoms with E-state index in [-0.39, 0.29) is 17.3 Å². The minimum atomic E-state index is -0.894. The highest BCUT2D eigenvalue weighted by atomic mass is 16.5. The minimum absolute atomic E-state index is 0.0171. The topological polar surface area (TPSA) is 88.2 Å². The van der Waals surface area contributed by atoms with Gasteiger partial charge in [-0.05, 0) is 39.5 Å². The number of carbonyl (C=O) groups is 1. The fourth-order valence-electron chi connectivity index (χ4n) is 3.14. The van der Waals surface area contributed by atoms with Crippen LogP contribution in [-0.4, -0.2) is 47.1 Å². The van der Waals surface area contributed by atoms with E-state index in [1.807, 2.05) is 4.90 Å². The second kappa shape index (κ2) is 5.00. The van der Waals surface area contributed by atoms with Crippen LogP contribution in [0.25, 0.3) is 0 Å². The fraction of sp³-hybridized carbons (Fsp3) is 0.846. The molecule has 1 amide bonds. The van der Waals surface area contributed by atoms with E-state index in [0.717, 1.165) is 19.4 Å². The quantitative estimate of drug-likeness (QED) is 0.338. The molecule has 6 heteroatoms. The molecule has 0 aliphatic carbocycles. The molecule has 0 unspecified atom stereocenters. The van der Waals surface area contributed by atoms with Gasteiger partial charge in [0.15, 0.2) is 5.84 Å². The van der Waals surface area contributed by atoms with Crippen molar-refractivity contribution in [1.82, 2.24) is 4.90 Å². The Bertz CT molecular complexity index is 387. The molecule has 108 valence electrons. The molecule has 0 saturated carbocycles. The van der Waals surface area contributed by atoms with Gasteiger partial charge in [0.1, 0.15) is 5.41 Å². The minimum Gasteiger partial charge on any atom is -0.409 e. The van der Waals surface area contributed by atoms with Crippen LogP contribution >= 0.6 is 0 Å². The highest BCUT2D eigenvalue weighted by Crippen LogP contribution is 2.38. The van der Waals surface area contributed by atoms with E-state index >= 15 is 0 Å². The standard InChI is InChI=1S/C13H23N3O3/c1-12(2)4-3-7-16(12)11(17)13(10(14)15-18)5-8-19-9-6-13/h18H,3-9H2,1-2H3,(H2,14,15). The molecule has 2 aliphatic heterocycles. The Balaban J connectivity index is 2.31. The number of hydrogen-bond donors (Lipinski definition) is 2. The van der Waals surface area contributed by atoms with Gasteiger partial charge in [0.25, 0.3) is 0 Å². The lowest BCUT2D eigenvalue weighted by Crippen LogP contribution is -2.57. The van der Waals surface area contributed by atoms with Crippen molar-refractivity contribution in [1.29, 1.82) is 0 Å². The van der Waals surface area contributed by atoms with Crippen LogP contribution in [0, 0.1) is 5.41 Å². The maximum absolute atomic E-state index is 12.9. The zero-order valence-corrected chi connectivity index (χ0v) is 11.7. The summed E-state index contributed by atoms with van der Waals surface area (Å²) in [6.45, 7) is 5.81. The van der Waals surface area contributed by atoms with Gasteiger partial charge in [0, 0.05) is 25.3 Å². The Kier molecular flexibility index (Phi) is 3.71. The number of amidine groups is 1. The Morgan fingerprint density at radius 3 is 2.42 bits per heavy atom. The van der Waals surface area contributed by atoms with E-state index in [9.17, 15) is 4.79 Å². The third-order valence-electron chi connectivity index (χ3n) is 4.50. The summed E-state index contributed by atoms with van der Waals surface area (Å²) in [6.07, 6.45) is 2.95. The summed E-state index contributed by atoms with van der Waals surface area (Å²) in [5.74, 6) is -0.00269. The maximum Gasteiger partial charge on any atom is 0.237 e. The number of nitrogens with two attached hydrogens (primary N) is 1. The molecule has 0 bridgehead atoms. The van der Waals surface area contributed by atoms with E-state index in [0.29, 0.717) is 26.1 Å². The van der Waals surface area contributed by atoms with Crippen molar-refractivity contribution in [2.45, 2.75) is 45.1 Å². The Labute approximate surface area is 113 Å². The molecule has 2 rings (SSSR count). The summed E-state index contributed by atoms with van der Waals surface area (Å²) in [5.41, 5.74) is 4.79. The second-order valence-electron chi connectivity index (χ2n) is 6.05. The molecule has 0 radical (unpaired) electrons. The summed E-state index contributed by atoms with van der Waals surface area (Å²) >= 11 is 0. The van der Waals surface area contributed by atoms with Gasteiger partial charge in [-0.2, -0.15) is 0 Å². The molecule has 19 heavy (non-hydrogen) atoms. The molecule has 0 aromatic heterocycles. The normalized spacial score (nSPS) is 26.4. The van der Waals surface area contributed by atoms with Gasteiger partial charge >= 0.3 is 0 Å². The molecular weight excluding hydrogens is 246 g/mol. The Morgan fingerprint density at radius 1 is 1.32 bits per heavy atom. The number of hydrogen-bond acceptors (Lipinski definition) is 4. The molecule has 2 heterocycles. The van der Waals surface area contributed by atoms with Crippen LogP contribution in [0.5, 0.6) is 0 Å². The van der Waals surface area contributed by atoms with Gasteiger partial charge in [0.2, 0.25) is 5.91 Å². The van der Waals surface area contributed by atoms with Crippen LogP contribution in [0.4, 0.5) is 0 Å². The average molecular weight is 269 g/mol. The lowest BCUT2D eigenvalue weighted by molar-refractivity contribution is -0.146. The number of rotatable bonds is 2. The number of oxime groups is 1. The predicted octanol–water partition coefficient (Wildman–Crippen LogP) is 0.931. The van der Waals surface area contributed by atoms with E-state index in [1.54, 1.807) is 0 Å². The molecule has 2 fully saturated rings. The van der Waals surface area contributed by atoms with Crippen LogP contribution in [0.1, 0.15) is 39.5 Å². The summed E-state index contributed by atoms with van der Waals surface area (Å²) in [6, 6.07) is 0. The lowest BCUT2D eigenvalue weighted by atomic mass is 9.77. The molecule has 0 spiro atoms. The molecule has 0 atom stereocenters. The SMILES string of the molecule is CC1(C)CCCN1C(=O)C1(C(N)=NO)CCOCC1. The van der Waals surface area contributed by atoms with E-state index in [1.165, 1.54) is 0 Å². The van der Waals surface area contributed by atoms with Gasteiger partial charge in [-0.25, -0.2) is 0 Å². The van der Waals surface area contributed by atoms with Crippen molar-refractivity contribution in [3.8, 4) is 0 Å². The highest BCUT2D eigenvalue weighted by molar-refractivity contribution is 6.07. The van der Waals surface area contributed by atoms with E-state index in [2.05, 4.69) is 19.0 Å². The van der Waals surface area contributed by atoms with E-state index in [4.69, 9.17) is 15.7 Å². The fourth-order valence-corrected chi connectivity index (χ4v) is 3.14. The van der Waals surface area contributed by atoms with Gasteiger partial charge in [-0.15, -0.1) is 0 Å². The van der Waals surface area contributed by atoms with Crippen molar-refractivity contribution in [3.05, 3.63) is 0 Å². The van der Waals surface area contributed by atoms with Crippen molar-refractivity contribution in [3.63, 3.8) is 0 Å².